The summed E-state index contributed by atoms with van der Waals surface area (Å²) in [5, 5.41) is 1.38. The van der Waals surface area contributed by atoms with Crippen LogP contribution in [0.25, 0.3) is 0 Å². The Morgan fingerprint density at radius 1 is 1.27 bits per heavy atom. The molecule has 0 aromatic heterocycles. The van der Waals surface area contributed by atoms with E-state index in [1.807, 2.05) is 31.3 Å². The molecule has 0 aromatic carbocycles. The van der Waals surface area contributed by atoms with Crippen LogP contribution in [0.3, 0.4) is 0 Å². The number of nitrogens with zero attached hydrogens (tertiary/aromatic N) is 1. The summed E-state index contributed by atoms with van der Waals surface area (Å²) in [7, 11) is 3.88. The van der Waals surface area contributed by atoms with Gasteiger partial charge in [0.05, 0.1) is 5.03 Å². The summed E-state index contributed by atoms with van der Waals surface area (Å²) in [5.41, 5.74) is 0.960. The van der Waals surface area contributed by atoms with Crippen LogP contribution in [0.2, 0.25) is 0 Å². The van der Waals surface area contributed by atoms with Crippen LogP contribution in [0.4, 0.5) is 0 Å². The van der Waals surface area contributed by atoms with Gasteiger partial charge >= 0.3 is 0 Å². The molecule has 1 aliphatic carbocycles. The first-order valence-corrected chi connectivity index (χ1v) is 3.98. The predicted molar refractivity (Wildman–Crippen MR) is 49.6 cm³/mol. The molecule has 1 aliphatic rings. The van der Waals surface area contributed by atoms with Crippen molar-refractivity contribution < 1.29 is 0 Å². The van der Waals surface area contributed by atoms with Crippen molar-refractivity contribution in [3.63, 3.8) is 0 Å². The van der Waals surface area contributed by atoms with Crippen LogP contribution in [0, 0.1) is 0 Å². The van der Waals surface area contributed by atoms with E-state index in [2.05, 4.69) is 0 Å². The molecule has 60 valence electrons. The SMILES string of the molecule is CN(C)/C=C1/C=C(Cl)C=C1Cl. The second-order valence-electron chi connectivity index (χ2n) is 2.57. The summed E-state index contributed by atoms with van der Waals surface area (Å²) in [6, 6.07) is 0. The highest BCUT2D eigenvalue weighted by atomic mass is 35.5. The number of allylic oxidation sites excluding steroid dienone is 5. The molecule has 0 aromatic rings. The topological polar surface area (TPSA) is 3.24 Å². The van der Waals surface area contributed by atoms with Crippen LogP contribution < -0.4 is 0 Å². The van der Waals surface area contributed by atoms with Crippen LogP contribution in [0.1, 0.15) is 0 Å². The van der Waals surface area contributed by atoms with E-state index in [4.69, 9.17) is 23.2 Å². The molecule has 1 nitrogen and oxygen atoms in total. The average molecular weight is 190 g/mol. The normalized spacial score (nSPS) is 20.2. The first-order chi connectivity index (χ1) is 5.09. The van der Waals surface area contributed by atoms with Crippen molar-refractivity contribution in [1.82, 2.24) is 4.90 Å². The van der Waals surface area contributed by atoms with E-state index in [0.29, 0.717) is 10.1 Å². The van der Waals surface area contributed by atoms with Gasteiger partial charge in [-0.3, -0.25) is 0 Å². The lowest BCUT2D eigenvalue weighted by Crippen LogP contribution is -2.01. The smallest absolute Gasteiger partial charge is 0.0508 e. The fraction of sp³-hybridized carbons (Fsp3) is 0.250. The van der Waals surface area contributed by atoms with E-state index in [1.165, 1.54) is 0 Å². The second-order valence-corrected chi connectivity index (χ2v) is 3.41. The molecule has 0 fully saturated rings. The highest BCUT2D eigenvalue weighted by molar-refractivity contribution is 6.38. The summed E-state index contributed by atoms with van der Waals surface area (Å²) < 4.78 is 0. The molecule has 3 heteroatoms. The van der Waals surface area contributed by atoms with Crippen molar-refractivity contribution >= 4 is 23.2 Å². The zero-order chi connectivity index (χ0) is 8.43. The molecule has 0 saturated carbocycles. The summed E-state index contributed by atoms with van der Waals surface area (Å²) >= 11 is 11.6. The van der Waals surface area contributed by atoms with Gasteiger partial charge in [0.2, 0.25) is 0 Å². The molecule has 0 aliphatic heterocycles. The minimum atomic E-state index is 0.683. The molecular formula is C8H9Cl2N. The third kappa shape index (κ3) is 2.28. The van der Waals surface area contributed by atoms with Gasteiger partial charge in [0.1, 0.15) is 0 Å². The van der Waals surface area contributed by atoms with Gasteiger partial charge < -0.3 is 4.90 Å². The lowest BCUT2D eigenvalue weighted by molar-refractivity contribution is 0.561. The Labute approximate surface area is 76.6 Å². The Balaban J connectivity index is 2.85. The van der Waals surface area contributed by atoms with E-state index < -0.39 is 0 Å². The van der Waals surface area contributed by atoms with Crippen molar-refractivity contribution in [3.05, 3.63) is 34.0 Å². The largest absolute Gasteiger partial charge is 0.383 e. The van der Waals surface area contributed by atoms with Crippen molar-refractivity contribution in [2.45, 2.75) is 0 Å². The maximum Gasteiger partial charge on any atom is 0.0508 e. The van der Waals surface area contributed by atoms with Crippen molar-refractivity contribution in [3.8, 4) is 0 Å². The van der Waals surface area contributed by atoms with Crippen molar-refractivity contribution in [2.24, 2.45) is 0 Å². The van der Waals surface area contributed by atoms with E-state index in [1.54, 1.807) is 6.08 Å². The molecule has 0 radical (unpaired) electrons. The van der Waals surface area contributed by atoms with Crippen LogP contribution >= 0.6 is 23.2 Å². The standard InChI is InChI=1S/C8H9Cl2N/c1-11(2)5-6-3-7(9)4-8(6)10/h3-5H,1-2H3/b6-5-. The van der Waals surface area contributed by atoms with Gasteiger partial charge in [-0.05, 0) is 12.2 Å². The Hall–Kier alpha value is -0.400. The molecule has 0 N–H and O–H groups in total. The minimum Gasteiger partial charge on any atom is -0.383 e. The zero-order valence-electron chi connectivity index (χ0n) is 6.44. The summed E-state index contributed by atoms with van der Waals surface area (Å²) in [6.45, 7) is 0. The molecule has 0 unspecified atom stereocenters. The lowest BCUT2D eigenvalue weighted by atomic mass is 10.3. The predicted octanol–water partition coefficient (Wildman–Crippen LogP) is 2.69. The van der Waals surface area contributed by atoms with Gasteiger partial charge in [-0.25, -0.2) is 0 Å². The van der Waals surface area contributed by atoms with Crippen LogP contribution in [-0.4, -0.2) is 19.0 Å². The molecule has 0 atom stereocenters. The van der Waals surface area contributed by atoms with E-state index in [-0.39, 0.29) is 0 Å². The number of hydrogen-bond donors (Lipinski definition) is 0. The Morgan fingerprint density at radius 2 is 1.91 bits per heavy atom. The third-order valence-corrected chi connectivity index (χ3v) is 1.78. The van der Waals surface area contributed by atoms with E-state index in [9.17, 15) is 0 Å². The van der Waals surface area contributed by atoms with Crippen LogP contribution in [-0.2, 0) is 0 Å². The number of halogens is 2. The van der Waals surface area contributed by atoms with E-state index >= 15 is 0 Å². The first kappa shape index (κ1) is 8.69. The van der Waals surface area contributed by atoms with Crippen LogP contribution in [0.5, 0.6) is 0 Å². The quantitative estimate of drug-likeness (QED) is 0.614. The van der Waals surface area contributed by atoms with Gasteiger partial charge in [0.15, 0.2) is 0 Å². The van der Waals surface area contributed by atoms with Gasteiger partial charge in [0, 0.05) is 30.9 Å². The Kier molecular flexibility index (Phi) is 2.63. The molecule has 0 bridgehead atoms. The minimum absolute atomic E-state index is 0.683. The Bertz CT molecular complexity index is 249. The fourth-order valence-electron chi connectivity index (χ4n) is 0.841. The third-order valence-electron chi connectivity index (χ3n) is 1.23. The molecular weight excluding hydrogens is 181 g/mol. The van der Waals surface area contributed by atoms with Crippen LogP contribution in [0.15, 0.2) is 34.0 Å². The summed E-state index contributed by atoms with van der Waals surface area (Å²) in [4.78, 5) is 1.93. The van der Waals surface area contributed by atoms with Gasteiger partial charge in [-0.2, -0.15) is 0 Å². The van der Waals surface area contributed by atoms with Crippen molar-refractivity contribution in [2.75, 3.05) is 14.1 Å². The first-order valence-electron chi connectivity index (χ1n) is 3.22. The lowest BCUT2D eigenvalue weighted by Gasteiger charge is -2.05. The number of hydrogen-bond acceptors (Lipinski definition) is 1. The second kappa shape index (κ2) is 3.33. The summed E-state index contributed by atoms with van der Waals surface area (Å²) in [6.07, 6.45) is 5.50. The summed E-state index contributed by atoms with van der Waals surface area (Å²) in [5.74, 6) is 0. The van der Waals surface area contributed by atoms with Crippen molar-refractivity contribution in [1.29, 1.82) is 0 Å². The fourth-order valence-corrected chi connectivity index (χ4v) is 1.34. The van der Waals surface area contributed by atoms with Gasteiger partial charge in [-0.15, -0.1) is 0 Å². The molecule has 0 spiro atoms. The van der Waals surface area contributed by atoms with Gasteiger partial charge in [-0.1, -0.05) is 23.2 Å². The molecule has 1 rings (SSSR count). The number of rotatable bonds is 1. The zero-order valence-corrected chi connectivity index (χ0v) is 7.95. The van der Waals surface area contributed by atoms with Gasteiger partial charge in [0.25, 0.3) is 0 Å². The highest BCUT2D eigenvalue weighted by Crippen LogP contribution is 2.28. The average Bonchev–Trinajstić information content (AvgIpc) is 2.09. The van der Waals surface area contributed by atoms with E-state index in [0.717, 1.165) is 5.57 Å². The molecule has 0 amide bonds. The maximum atomic E-state index is 5.85. The highest BCUT2D eigenvalue weighted by Gasteiger charge is 2.07. The Morgan fingerprint density at radius 3 is 2.27 bits per heavy atom. The molecule has 0 heterocycles. The molecule has 0 saturated heterocycles. The molecule has 11 heavy (non-hydrogen) atoms. The maximum absolute atomic E-state index is 5.85. The monoisotopic (exact) mass is 189 g/mol.